The van der Waals surface area contributed by atoms with Gasteiger partial charge in [0.2, 0.25) is 0 Å². The van der Waals surface area contributed by atoms with Crippen molar-refractivity contribution in [3.05, 3.63) is 108 Å². The van der Waals surface area contributed by atoms with E-state index in [-0.39, 0.29) is 23.9 Å². The third-order valence-electron chi connectivity index (χ3n) is 7.33. The normalized spacial score (nSPS) is 34.2. The molecule has 4 saturated heterocycles. The summed E-state index contributed by atoms with van der Waals surface area (Å²) in [4.78, 5) is 8.03. The summed E-state index contributed by atoms with van der Waals surface area (Å²) in [7, 11) is 0. The van der Waals surface area contributed by atoms with Gasteiger partial charge in [-0.15, -0.1) is 6.42 Å². The largest absolute Gasteiger partial charge is 0.368 e. The predicted octanol–water partition coefficient (Wildman–Crippen LogP) is 4.67. The molecule has 0 saturated carbocycles. The second-order valence-corrected chi connectivity index (χ2v) is 9.57. The lowest BCUT2D eigenvalue weighted by Gasteiger charge is -2.70. The maximum absolute atomic E-state index is 5.97. The molecule has 3 aromatic carbocycles. The van der Waals surface area contributed by atoms with Crippen LogP contribution in [0, 0.1) is 17.8 Å². The van der Waals surface area contributed by atoms with Gasteiger partial charge in [-0.2, -0.15) is 0 Å². The van der Waals surface area contributed by atoms with E-state index in [1.165, 1.54) is 16.7 Å². The summed E-state index contributed by atoms with van der Waals surface area (Å²) in [5.41, 5.74) is 4.08. The molecule has 4 aliphatic heterocycles. The van der Waals surface area contributed by atoms with Crippen LogP contribution < -0.4 is 0 Å². The monoisotopic (exact) mass is 435 g/mol. The van der Waals surface area contributed by atoms with Gasteiger partial charge in [0, 0.05) is 25.0 Å². The van der Waals surface area contributed by atoms with Crippen molar-refractivity contribution in [1.82, 2.24) is 14.7 Å². The van der Waals surface area contributed by atoms with E-state index in [2.05, 4.69) is 112 Å². The van der Waals surface area contributed by atoms with Crippen molar-refractivity contribution in [1.29, 1.82) is 0 Å². The zero-order valence-corrected chi connectivity index (χ0v) is 18.8. The van der Waals surface area contributed by atoms with Crippen molar-refractivity contribution >= 4 is 0 Å². The zero-order chi connectivity index (χ0) is 22.3. The van der Waals surface area contributed by atoms with Crippen LogP contribution in [-0.2, 0) is 4.74 Å². The molecule has 0 N–H and O–H groups in total. The fourth-order valence-electron chi connectivity index (χ4n) is 6.29. The summed E-state index contributed by atoms with van der Waals surface area (Å²) in [5.74, 6) is 2.64. The van der Waals surface area contributed by atoms with Gasteiger partial charge in [0.25, 0.3) is 0 Å². The van der Waals surface area contributed by atoms with Crippen LogP contribution in [0.15, 0.2) is 91.0 Å². The fourth-order valence-corrected chi connectivity index (χ4v) is 6.29. The van der Waals surface area contributed by atoms with Crippen LogP contribution in [0.3, 0.4) is 0 Å². The summed E-state index contributed by atoms with van der Waals surface area (Å²) in [6.07, 6.45) is 6.12. The van der Waals surface area contributed by atoms with Crippen molar-refractivity contribution in [3.63, 3.8) is 0 Å². The molecule has 0 aromatic heterocycles. The number of nitrogens with zero attached hydrogens (tertiary/aromatic N) is 3. The second kappa shape index (κ2) is 8.44. The van der Waals surface area contributed by atoms with Crippen molar-refractivity contribution in [2.45, 2.75) is 18.5 Å². The first-order chi connectivity index (χ1) is 16.3. The summed E-state index contributed by atoms with van der Waals surface area (Å²) in [5, 5.41) is 0. The minimum Gasteiger partial charge on any atom is -0.368 e. The van der Waals surface area contributed by atoms with Crippen LogP contribution in [0.2, 0.25) is 0 Å². The number of hydrogen-bond donors (Lipinski definition) is 0. The lowest BCUT2D eigenvalue weighted by molar-refractivity contribution is -0.293. The van der Waals surface area contributed by atoms with Gasteiger partial charge in [-0.25, -0.2) is 0 Å². The minimum absolute atomic E-state index is 0.0404. The molecule has 4 heteroatoms. The quantitative estimate of drug-likeness (QED) is 0.414. The Hall–Kier alpha value is -2.94. The Kier molecular flexibility index (Phi) is 5.28. The molecule has 166 valence electrons. The molecule has 0 unspecified atom stereocenters. The summed E-state index contributed by atoms with van der Waals surface area (Å²) in [6, 6.07) is 32.9. The molecule has 3 aromatic rings. The number of rotatable bonds is 6. The van der Waals surface area contributed by atoms with Gasteiger partial charge in [0.15, 0.2) is 0 Å². The van der Waals surface area contributed by atoms with E-state index in [1.54, 1.807) is 0 Å². The van der Waals surface area contributed by atoms with E-state index in [0.717, 1.165) is 19.6 Å². The Balaban J connectivity index is 1.49. The van der Waals surface area contributed by atoms with Gasteiger partial charge in [0.05, 0.1) is 25.1 Å². The third kappa shape index (κ3) is 3.49. The van der Waals surface area contributed by atoms with E-state index in [1.807, 2.05) is 0 Å². The standard InChI is InChI=1S/C29H29N3O/c1-2-18-33-22-29-19-30-26(23-12-6-3-7-13-23)31(20-29)28(25-16-10-5-11-17-25)32(21-29)27(30)24-14-8-4-9-15-24/h1,3-17,26-28H,18-22H2. The Morgan fingerprint density at radius 1 is 0.667 bits per heavy atom. The lowest BCUT2D eigenvalue weighted by atomic mass is 9.76. The Morgan fingerprint density at radius 2 is 1.03 bits per heavy atom. The average molecular weight is 436 g/mol. The molecule has 0 radical (unpaired) electrons. The van der Waals surface area contributed by atoms with Crippen LogP contribution in [0.25, 0.3) is 0 Å². The highest BCUT2D eigenvalue weighted by Gasteiger charge is 2.61. The average Bonchev–Trinajstić information content (AvgIpc) is 2.86. The second-order valence-electron chi connectivity index (χ2n) is 9.57. The van der Waals surface area contributed by atoms with Crippen LogP contribution in [0.4, 0.5) is 0 Å². The molecule has 0 spiro atoms. The van der Waals surface area contributed by atoms with Crippen molar-refractivity contribution in [2.75, 3.05) is 32.8 Å². The highest BCUT2D eigenvalue weighted by molar-refractivity contribution is 5.31. The zero-order valence-electron chi connectivity index (χ0n) is 18.8. The molecule has 4 bridgehead atoms. The van der Waals surface area contributed by atoms with E-state index < -0.39 is 0 Å². The Labute approximate surface area is 196 Å². The predicted molar refractivity (Wildman–Crippen MR) is 130 cm³/mol. The van der Waals surface area contributed by atoms with Gasteiger partial charge in [-0.3, -0.25) is 14.7 Å². The highest BCUT2D eigenvalue weighted by Crippen LogP contribution is 2.57. The highest BCUT2D eigenvalue weighted by atomic mass is 16.5. The van der Waals surface area contributed by atoms with Crippen LogP contribution in [0.1, 0.15) is 35.2 Å². The minimum atomic E-state index is 0.0404. The van der Waals surface area contributed by atoms with Crippen molar-refractivity contribution in [2.24, 2.45) is 5.41 Å². The molecule has 4 aliphatic rings. The molecule has 4 heterocycles. The summed E-state index contributed by atoms with van der Waals surface area (Å²) < 4.78 is 5.97. The molecule has 0 amide bonds. The maximum Gasteiger partial charge on any atom is 0.107 e. The van der Waals surface area contributed by atoms with Gasteiger partial charge < -0.3 is 4.74 Å². The number of terminal acetylenes is 1. The number of ether oxygens (including phenoxy) is 1. The van der Waals surface area contributed by atoms with Crippen LogP contribution in [0.5, 0.6) is 0 Å². The Morgan fingerprint density at radius 3 is 1.36 bits per heavy atom. The lowest BCUT2D eigenvalue weighted by Crippen LogP contribution is -2.75. The molecule has 7 rings (SSSR count). The topological polar surface area (TPSA) is 19.0 Å². The molecule has 0 aliphatic carbocycles. The van der Waals surface area contributed by atoms with E-state index in [9.17, 15) is 0 Å². The summed E-state index contributed by atoms with van der Waals surface area (Å²) in [6.45, 7) is 4.03. The fraction of sp³-hybridized carbons (Fsp3) is 0.310. The van der Waals surface area contributed by atoms with Crippen molar-refractivity contribution < 1.29 is 4.74 Å². The van der Waals surface area contributed by atoms with Gasteiger partial charge >= 0.3 is 0 Å². The smallest absolute Gasteiger partial charge is 0.107 e. The van der Waals surface area contributed by atoms with Crippen LogP contribution >= 0.6 is 0 Å². The first-order valence-electron chi connectivity index (χ1n) is 11.7. The van der Waals surface area contributed by atoms with Crippen molar-refractivity contribution in [3.8, 4) is 12.3 Å². The van der Waals surface area contributed by atoms with Gasteiger partial charge in [0.1, 0.15) is 6.61 Å². The number of benzene rings is 3. The number of hydrogen-bond acceptors (Lipinski definition) is 4. The first-order valence-corrected chi connectivity index (χ1v) is 11.7. The molecule has 4 nitrogen and oxygen atoms in total. The molecule has 33 heavy (non-hydrogen) atoms. The maximum atomic E-state index is 5.97. The third-order valence-corrected chi connectivity index (χ3v) is 7.33. The summed E-state index contributed by atoms with van der Waals surface area (Å²) >= 11 is 0. The van der Waals surface area contributed by atoms with Gasteiger partial charge in [-0.1, -0.05) is 96.9 Å². The Bertz CT molecular complexity index is 986. The van der Waals surface area contributed by atoms with E-state index in [0.29, 0.717) is 13.2 Å². The molecule has 0 atom stereocenters. The van der Waals surface area contributed by atoms with Gasteiger partial charge in [-0.05, 0) is 16.7 Å². The van der Waals surface area contributed by atoms with E-state index >= 15 is 0 Å². The van der Waals surface area contributed by atoms with Crippen LogP contribution in [-0.4, -0.2) is 47.5 Å². The molecule has 4 fully saturated rings. The van der Waals surface area contributed by atoms with E-state index in [4.69, 9.17) is 11.2 Å². The molecular weight excluding hydrogens is 406 g/mol. The molecular formula is C29H29N3O. The SMILES string of the molecule is C#CCOCC12CN3C(c4ccccc4)N(C1)C(c1ccccc1)N(C2)C3c1ccccc1. The first kappa shape index (κ1) is 20.7.